The molecule has 0 spiro atoms. The maximum Gasteiger partial charge on any atom is 0.411 e. The van der Waals surface area contributed by atoms with E-state index >= 15 is 0 Å². The number of rotatable bonds is 14. The maximum absolute atomic E-state index is 13.7. The molecule has 2 fully saturated rings. The lowest BCUT2D eigenvalue weighted by atomic mass is 10.0. The highest BCUT2D eigenvalue weighted by molar-refractivity contribution is 5.91. The molecule has 2 saturated heterocycles. The van der Waals surface area contributed by atoms with Crippen molar-refractivity contribution >= 4 is 23.6 Å². The number of hydrazine groups is 1. The van der Waals surface area contributed by atoms with E-state index in [0.717, 1.165) is 87.8 Å². The Balaban J connectivity index is 1.28. The third-order valence-corrected chi connectivity index (χ3v) is 9.10. The van der Waals surface area contributed by atoms with Gasteiger partial charge in [-0.1, -0.05) is 68.3 Å². The minimum atomic E-state index is -0.440. The Morgan fingerprint density at radius 3 is 2.29 bits per heavy atom. The molecule has 0 aliphatic carbocycles. The molecule has 246 valence electrons. The lowest BCUT2D eigenvalue weighted by molar-refractivity contribution is -0.166. The van der Waals surface area contributed by atoms with Crippen molar-refractivity contribution in [2.45, 2.75) is 90.7 Å². The van der Waals surface area contributed by atoms with Crippen molar-refractivity contribution < 1.29 is 19.1 Å². The zero-order chi connectivity index (χ0) is 32.0. The number of hydrogen-bond acceptors (Lipinski definition) is 6. The van der Waals surface area contributed by atoms with E-state index in [1.165, 1.54) is 0 Å². The molecule has 4 rings (SSSR count). The van der Waals surface area contributed by atoms with Crippen molar-refractivity contribution in [3.8, 4) is 11.1 Å². The Morgan fingerprint density at radius 1 is 0.867 bits per heavy atom. The molecule has 0 bridgehead atoms. The lowest BCUT2D eigenvalue weighted by Gasteiger charge is -2.44. The van der Waals surface area contributed by atoms with Gasteiger partial charge in [-0.05, 0) is 64.0 Å². The number of likely N-dealkylation sites (N-methyl/N-ethyl adjacent to an activating group) is 1. The van der Waals surface area contributed by atoms with E-state index in [2.05, 4.69) is 22.1 Å². The number of anilines is 1. The average Bonchev–Trinajstić information content (AvgIpc) is 3.07. The quantitative estimate of drug-likeness (QED) is 0.246. The monoisotopic (exact) mass is 619 g/mol. The minimum absolute atomic E-state index is 0.0974. The Morgan fingerprint density at radius 2 is 1.58 bits per heavy atom. The summed E-state index contributed by atoms with van der Waals surface area (Å²) in [5, 5.41) is 6.95. The van der Waals surface area contributed by atoms with Gasteiger partial charge in [-0.3, -0.25) is 19.9 Å². The third kappa shape index (κ3) is 9.78. The Hall–Kier alpha value is -3.43. The number of nitrogens with one attached hydrogen (secondary N) is 1. The van der Waals surface area contributed by atoms with E-state index in [1.807, 2.05) is 78.4 Å². The number of para-hydroxylation sites is 1. The number of benzene rings is 2. The van der Waals surface area contributed by atoms with Crippen LogP contribution < -0.4 is 5.32 Å². The number of hydrogen-bond donors (Lipinski definition) is 1. The summed E-state index contributed by atoms with van der Waals surface area (Å²) >= 11 is 0. The minimum Gasteiger partial charge on any atom is -0.446 e. The number of amides is 3. The third-order valence-electron chi connectivity index (χ3n) is 9.10. The number of ether oxygens (including phenoxy) is 1. The predicted molar refractivity (Wildman–Crippen MR) is 180 cm³/mol. The fourth-order valence-electron chi connectivity index (χ4n) is 6.50. The first-order valence-corrected chi connectivity index (χ1v) is 17.1. The van der Waals surface area contributed by atoms with Crippen LogP contribution >= 0.6 is 0 Å². The summed E-state index contributed by atoms with van der Waals surface area (Å²) < 4.78 is 5.81. The first-order chi connectivity index (χ1) is 21.9. The van der Waals surface area contributed by atoms with Crippen LogP contribution in [0.2, 0.25) is 0 Å². The van der Waals surface area contributed by atoms with Crippen LogP contribution in [0.15, 0.2) is 54.6 Å². The summed E-state index contributed by atoms with van der Waals surface area (Å²) in [6, 6.07) is 17.5. The van der Waals surface area contributed by atoms with Crippen LogP contribution in [-0.2, 0) is 14.3 Å². The fourth-order valence-corrected chi connectivity index (χ4v) is 6.50. The Bertz CT molecular complexity index is 1210. The van der Waals surface area contributed by atoms with Gasteiger partial charge in [0.15, 0.2) is 0 Å². The van der Waals surface area contributed by atoms with Gasteiger partial charge < -0.3 is 14.5 Å². The zero-order valence-electron chi connectivity index (χ0n) is 27.6. The molecule has 3 amide bonds. The summed E-state index contributed by atoms with van der Waals surface area (Å²) in [5.41, 5.74) is 2.71. The summed E-state index contributed by atoms with van der Waals surface area (Å²) in [6.07, 6.45) is 7.16. The molecule has 9 nitrogen and oxygen atoms in total. The van der Waals surface area contributed by atoms with Gasteiger partial charge in [-0.25, -0.2) is 9.80 Å². The molecule has 2 aromatic rings. The predicted octanol–water partition coefficient (Wildman–Crippen LogP) is 6.41. The number of carbonyl (C=O) groups is 3. The lowest BCUT2D eigenvalue weighted by Crippen LogP contribution is -2.59. The smallest absolute Gasteiger partial charge is 0.411 e. The molecule has 0 radical (unpaired) electrons. The summed E-state index contributed by atoms with van der Waals surface area (Å²) in [7, 11) is 0. The van der Waals surface area contributed by atoms with Crippen molar-refractivity contribution in [2.75, 3.05) is 51.1 Å². The molecule has 0 saturated carbocycles. The first-order valence-electron chi connectivity index (χ1n) is 17.1. The van der Waals surface area contributed by atoms with Crippen LogP contribution in [0, 0.1) is 0 Å². The topological polar surface area (TPSA) is 85.4 Å². The molecule has 2 aliphatic heterocycles. The van der Waals surface area contributed by atoms with E-state index in [-0.39, 0.29) is 24.0 Å². The van der Waals surface area contributed by atoms with Crippen LogP contribution in [0.1, 0.15) is 78.6 Å². The first kappa shape index (κ1) is 34.4. The second-order valence-electron chi connectivity index (χ2n) is 12.1. The maximum atomic E-state index is 13.7. The number of carbonyl (C=O) groups excluding carboxylic acids is 3. The van der Waals surface area contributed by atoms with Crippen molar-refractivity contribution in [3.63, 3.8) is 0 Å². The highest BCUT2D eigenvalue weighted by atomic mass is 16.6. The van der Waals surface area contributed by atoms with E-state index in [4.69, 9.17) is 4.74 Å². The number of likely N-dealkylation sites (tertiary alicyclic amines) is 1. The molecular weight excluding hydrogens is 566 g/mol. The molecule has 45 heavy (non-hydrogen) atoms. The van der Waals surface area contributed by atoms with E-state index in [1.54, 1.807) is 0 Å². The molecule has 1 N–H and O–H groups in total. The van der Waals surface area contributed by atoms with Gasteiger partial charge in [0.25, 0.3) is 0 Å². The van der Waals surface area contributed by atoms with Gasteiger partial charge in [-0.15, -0.1) is 0 Å². The summed E-state index contributed by atoms with van der Waals surface area (Å²) in [6.45, 7) is 11.2. The highest BCUT2D eigenvalue weighted by Gasteiger charge is 2.36. The largest absolute Gasteiger partial charge is 0.446 e. The van der Waals surface area contributed by atoms with Gasteiger partial charge >= 0.3 is 6.09 Å². The van der Waals surface area contributed by atoms with Crippen molar-refractivity contribution in [1.82, 2.24) is 19.8 Å². The summed E-state index contributed by atoms with van der Waals surface area (Å²) in [4.78, 5) is 44.2. The second kappa shape index (κ2) is 17.9. The molecule has 9 heteroatoms. The van der Waals surface area contributed by atoms with E-state index in [0.29, 0.717) is 32.6 Å². The van der Waals surface area contributed by atoms with Crippen LogP contribution in [0.4, 0.5) is 10.5 Å². The van der Waals surface area contributed by atoms with Crippen LogP contribution in [0.3, 0.4) is 0 Å². The van der Waals surface area contributed by atoms with E-state index in [9.17, 15) is 14.4 Å². The number of unbranched alkanes of at least 4 members (excludes halogenated alkanes) is 2. The average molecular weight is 620 g/mol. The standard InChI is InChI=1S/C36H53N5O4/c1-4-7-14-25-41(40-24-15-13-20-33(40)35(43)39(5-2)6-3)34(42)23-28-38-26-21-30(22-27-38)45-36(44)37-32-19-12-11-18-31(32)29-16-9-8-10-17-29/h8-12,16-19,30,33H,4-7,13-15,20-28H2,1-3H3,(H,37,44)/t33-/m0/s1. The van der Waals surface area contributed by atoms with Crippen LogP contribution in [-0.4, -0.2) is 95.7 Å². The molecule has 2 heterocycles. The van der Waals surface area contributed by atoms with E-state index < -0.39 is 6.09 Å². The SMILES string of the molecule is CCCCCN(C(=O)CCN1CCC(OC(=O)Nc2ccccc2-c2ccccc2)CC1)N1CCCC[C@H]1C(=O)N(CC)CC. The van der Waals surface area contributed by atoms with Gasteiger partial charge in [0, 0.05) is 57.8 Å². The highest BCUT2D eigenvalue weighted by Crippen LogP contribution is 2.28. The number of nitrogens with zero attached hydrogens (tertiary/aromatic N) is 4. The summed E-state index contributed by atoms with van der Waals surface area (Å²) in [5.74, 6) is 0.239. The molecule has 0 aromatic heterocycles. The van der Waals surface area contributed by atoms with Crippen molar-refractivity contribution in [3.05, 3.63) is 54.6 Å². The Kier molecular flexibility index (Phi) is 13.7. The molecular formula is C36H53N5O4. The van der Waals surface area contributed by atoms with Crippen molar-refractivity contribution in [1.29, 1.82) is 0 Å². The molecule has 0 unspecified atom stereocenters. The van der Waals surface area contributed by atoms with Crippen molar-refractivity contribution in [2.24, 2.45) is 0 Å². The van der Waals surface area contributed by atoms with Gasteiger partial charge in [-0.2, -0.15) is 0 Å². The van der Waals surface area contributed by atoms with Gasteiger partial charge in [0.05, 0.1) is 5.69 Å². The Labute approximate surface area is 269 Å². The molecule has 1 atom stereocenters. The molecule has 2 aliphatic rings. The number of piperidine rings is 2. The second-order valence-corrected chi connectivity index (χ2v) is 12.1. The zero-order valence-corrected chi connectivity index (χ0v) is 27.6. The fraction of sp³-hybridized carbons (Fsp3) is 0.583. The van der Waals surface area contributed by atoms with Gasteiger partial charge in [0.2, 0.25) is 11.8 Å². The molecule has 2 aromatic carbocycles. The normalized spacial score (nSPS) is 17.9. The van der Waals surface area contributed by atoms with Gasteiger partial charge in [0.1, 0.15) is 12.1 Å². The van der Waals surface area contributed by atoms with Crippen LogP contribution in [0.5, 0.6) is 0 Å². The van der Waals surface area contributed by atoms with Crippen LogP contribution in [0.25, 0.3) is 11.1 Å².